The molecule has 2 rings (SSSR count). The predicted molar refractivity (Wildman–Crippen MR) is 52.0 cm³/mol. The second kappa shape index (κ2) is 2.80. The summed E-state index contributed by atoms with van der Waals surface area (Å²) in [6.07, 6.45) is 0. The first-order chi connectivity index (χ1) is 6.09. The predicted octanol–water partition coefficient (Wildman–Crippen LogP) is 1.85. The summed E-state index contributed by atoms with van der Waals surface area (Å²) in [4.78, 5) is 18.7. The monoisotopic (exact) mass is 196 g/mol. The van der Waals surface area contributed by atoms with E-state index in [0.717, 1.165) is 16.4 Å². The molecule has 13 heavy (non-hydrogen) atoms. The Labute approximate surface area is 81.4 Å². The molecule has 1 aliphatic heterocycles. The molecule has 1 amide bonds. The van der Waals surface area contributed by atoms with Gasteiger partial charge in [0.2, 0.25) is 0 Å². The van der Waals surface area contributed by atoms with Gasteiger partial charge in [0.05, 0.1) is 16.4 Å². The van der Waals surface area contributed by atoms with E-state index in [9.17, 15) is 4.79 Å². The largest absolute Gasteiger partial charge is 0.335 e. The first-order valence-electron chi connectivity index (χ1n) is 4.34. The summed E-state index contributed by atoms with van der Waals surface area (Å²) in [6.45, 7) is 4.93. The van der Waals surface area contributed by atoms with E-state index < -0.39 is 0 Å². The molecule has 0 radical (unpaired) electrons. The van der Waals surface area contributed by atoms with Crippen LogP contribution in [0.3, 0.4) is 0 Å². The van der Waals surface area contributed by atoms with Crippen LogP contribution in [0, 0.1) is 0 Å². The molecule has 0 fully saturated rings. The zero-order valence-corrected chi connectivity index (χ0v) is 8.81. The highest BCUT2D eigenvalue weighted by Crippen LogP contribution is 2.30. The summed E-state index contributed by atoms with van der Waals surface area (Å²) in [7, 11) is 1.81. The van der Waals surface area contributed by atoms with Crippen LogP contribution in [0.4, 0.5) is 0 Å². The van der Waals surface area contributed by atoms with Gasteiger partial charge in [0.25, 0.3) is 5.91 Å². The van der Waals surface area contributed by atoms with Gasteiger partial charge in [-0.05, 0) is 0 Å². The van der Waals surface area contributed by atoms with E-state index in [-0.39, 0.29) is 5.91 Å². The zero-order chi connectivity index (χ0) is 9.59. The summed E-state index contributed by atoms with van der Waals surface area (Å²) >= 11 is 1.66. The van der Waals surface area contributed by atoms with Crippen LogP contribution in [-0.2, 0) is 6.54 Å². The molecule has 0 aromatic carbocycles. The van der Waals surface area contributed by atoms with E-state index in [0.29, 0.717) is 11.6 Å². The molecule has 0 saturated heterocycles. The van der Waals surface area contributed by atoms with Gasteiger partial charge in [-0.2, -0.15) is 0 Å². The number of thiazole rings is 1. The number of carbonyl (C=O) groups is 1. The van der Waals surface area contributed by atoms with Crippen LogP contribution >= 0.6 is 11.3 Å². The van der Waals surface area contributed by atoms with Crippen molar-refractivity contribution in [2.24, 2.45) is 0 Å². The van der Waals surface area contributed by atoms with Gasteiger partial charge in [0.1, 0.15) is 5.69 Å². The Morgan fingerprint density at radius 3 is 2.77 bits per heavy atom. The van der Waals surface area contributed by atoms with E-state index in [2.05, 4.69) is 18.8 Å². The smallest absolute Gasteiger partial charge is 0.273 e. The molecular formula is C9H12N2OS. The molecule has 0 unspecified atom stereocenters. The van der Waals surface area contributed by atoms with Crippen molar-refractivity contribution in [2.45, 2.75) is 26.3 Å². The number of nitrogens with zero attached hydrogens (tertiary/aromatic N) is 2. The fourth-order valence-corrected chi connectivity index (χ4v) is 2.47. The fraction of sp³-hybridized carbons (Fsp3) is 0.556. The van der Waals surface area contributed by atoms with Crippen molar-refractivity contribution in [1.82, 2.24) is 9.88 Å². The molecule has 0 N–H and O–H groups in total. The highest BCUT2D eigenvalue weighted by atomic mass is 32.1. The van der Waals surface area contributed by atoms with Crippen molar-refractivity contribution < 1.29 is 4.79 Å². The Morgan fingerprint density at radius 2 is 2.23 bits per heavy atom. The lowest BCUT2D eigenvalue weighted by Gasteiger charge is -2.06. The van der Waals surface area contributed by atoms with Gasteiger partial charge in [-0.1, -0.05) is 13.8 Å². The standard InChI is InChI=1S/C9H12N2OS/c1-5(2)8-10-7-6(13-8)4-11(3)9(7)12/h5H,4H2,1-3H3. The molecule has 0 bridgehead atoms. The number of amides is 1. The Balaban J connectivity index is 2.40. The molecule has 3 nitrogen and oxygen atoms in total. The first kappa shape index (κ1) is 8.69. The molecule has 1 aromatic rings. The number of rotatable bonds is 1. The second-order valence-electron chi connectivity index (χ2n) is 3.64. The second-order valence-corrected chi connectivity index (χ2v) is 4.76. The van der Waals surface area contributed by atoms with E-state index in [1.807, 2.05) is 7.05 Å². The molecule has 70 valence electrons. The molecule has 0 spiro atoms. The third-order valence-electron chi connectivity index (χ3n) is 2.14. The first-order valence-corrected chi connectivity index (χ1v) is 5.16. The van der Waals surface area contributed by atoms with Crippen molar-refractivity contribution in [3.8, 4) is 0 Å². The number of fused-ring (bicyclic) bond motifs is 1. The van der Waals surface area contributed by atoms with Crippen molar-refractivity contribution in [3.63, 3.8) is 0 Å². The SMILES string of the molecule is CC(C)c1nc2c(s1)CN(C)C2=O. The fourth-order valence-electron chi connectivity index (χ4n) is 1.36. The Morgan fingerprint density at radius 1 is 1.54 bits per heavy atom. The van der Waals surface area contributed by atoms with E-state index >= 15 is 0 Å². The Kier molecular flexibility index (Phi) is 1.87. The van der Waals surface area contributed by atoms with Crippen LogP contribution in [0.25, 0.3) is 0 Å². The lowest BCUT2D eigenvalue weighted by molar-refractivity contribution is 0.0812. The van der Waals surface area contributed by atoms with Gasteiger partial charge >= 0.3 is 0 Å². The Bertz CT molecular complexity index is 356. The molecule has 0 saturated carbocycles. The van der Waals surface area contributed by atoms with Crippen LogP contribution in [0.1, 0.15) is 40.1 Å². The summed E-state index contributed by atoms with van der Waals surface area (Å²) in [5.74, 6) is 0.492. The summed E-state index contributed by atoms with van der Waals surface area (Å²) in [5, 5.41) is 1.08. The van der Waals surface area contributed by atoms with Gasteiger partial charge in [-0.25, -0.2) is 4.98 Å². The average molecular weight is 196 g/mol. The minimum Gasteiger partial charge on any atom is -0.335 e. The van der Waals surface area contributed by atoms with Crippen LogP contribution in [-0.4, -0.2) is 22.8 Å². The molecule has 0 atom stereocenters. The van der Waals surface area contributed by atoms with Gasteiger partial charge in [-0.15, -0.1) is 11.3 Å². The van der Waals surface area contributed by atoms with Crippen molar-refractivity contribution in [2.75, 3.05) is 7.05 Å². The number of hydrogen-bond donors (Lipinski definition) is 0. The third kappa shape index (κ3) is 1.25. The maximum atomic E-state index is 11.5. The van der Waals surface area contributed by atoms with Gasteiger partial charge in [0, 0.05) is 13.0 Å². The lowest BCUT2D eigenvalue weighted by Crippen LogP contribution is -2.18. The molecule has 2 heterocycles. The minimum absolute atomic E-state index is 0.0677. The maximum Gasteiger partial charge on any atom is 0.273 e. The average Bonchev–Trinajstić information content (AvgIpc) is 2.55. The lowest BCUT2D eigenvalue weighted by atomic mass is 10.2. The maximum absolute atomic E-state index is 11.5. The molecule has 1 aromatic heterocycles. The third-order valence-corrected chi connectivity index (χ3v) is 3.48. The van der Waals surface area contributed by atoms with Crippen molar-refractivity contribution in [3.05, 3.63) is 15.6 Å². The topological polar surface area (TPSA) is 33.2 Å². The van der Waals surface area contributed by atoms with Gasteiger partial charge in [-0.3, -0.25) is 4.79 Å². The molecule has 0 aliphatic carbocycles. The van der Waals surface area contributed by atoms with Crippen LogP contribution in [0.2, 0.25) is 0 Å². The molecule has 1 aliphatic rings. The number of aromatic nitrogens is 1. The number of carbonyl (C=O) groups excluding carboxylic acids is 1. The minimum atomic E-state index is 0.0677. The normalized spacial score (nSPS) is 15.7. The summed E-state index contributed by atoms with van der Waals surface area (Å²) in [5.41, 5.74) is 0.677. The van der Waals surface area contributed by atoms with Crippen LogP contribution in [0.5, 0.6) is 0 Å². The number of hydrogen-bond acceptors (Lipinski definition) is 3. The highest BCUT2D eigenvalue weighted by Gasteiger charge is 2.29. The van der Waals surface area contributed by atoms with E-state index in [1.54, 1.807) is 16.2 Å². The summed E-state index contributed by atoms with van der Waals surface area (Å²) < 4.78 is 0. The van der Waals surface area contributed by atoms with Crippen LogP contribution < -0.4 is 0 Å². The van der Waals surface area contributed by atoms with Crippen molar-refractivity contribution >= 4 is 17.2 Å². The van der Waals surface area contributed by atoms with Crippen LogP contribution in [0.15, 0.2) is 0 Å². The van der Waals surface area contributed by atoms with Gasteiger partial charge in [0.15, 0.2) is 0 Å². The summed E-state index contributed by atoms with van der Waals surface area (Å²) in [6, 6.07) is 0. The quantitative estimate of drug-likeness (QED) is 0.686. The molecular weight excluding hydrogens is 184 g/mol. The highest BCUT2D eigenvalue weighted by molar-refractivity contribution is 7.12. The zero-order valence-electron chi connectivity index (χ0n) is 8.00. The van der Waals surface area contributed by atoms with E-state index in [4.69, 9.17) is 0 Å². The van der Waals surface area contributed by atoms with Gasteiger partial charge < -0.3 is 4.90 Å². The van der Waals surface area contributed by atoms with Crippen molar-refractivity contribution in [1.29, 1.82) is 0 Å². The molecule has 4 heteroatoms. The van der Waals surface area contributed by atoms with E-state index in [1.165, 1.54) is 0 Å². The Hall–Kier alpha value is -0.900.